The Morgan fingerprint density at radius 2 is 2.22 bits per heavy atom. The first kappa shape index (κ1) is 14.8. The van der Waals surface area contributed by atoms with E-state index < -0.39 is 5.41 Å². The first-order valence-corrected chi connectivity index (χ1v) is 6.47. The van der Waals surface area contributed by atoms with Crippen LogP contribution in [0.1, 0.15) is 39.5 Å². The smallest absolute Gasteiger partial charge is 0.234 e. The van der Waals surface area contributed by atoms with Gasteiger partial charge in [0.1, 0.15) is 5.41 Å². The summed E-state index contributed by atoms with van der Waals surface area (Å²) in [5.41, 5.74) is 4.76. The van der Waals surface area contributed by atoms with Crippen LogP contribution in [-0.2, 0) is 9.53 Å². The number of carbonyl (C=O) groups excluding carboxylic acids is 1. The summed E-state index contributed by atoms with van der Waals surface area (Å²) in [5, 5.41) is 14.8. The maximum Gasteiger partial charge on any atom is 0.234 e. The van der Waals surface area contributed by atoms with E-state index in [0.717, 1.165) is 19.4 Å². The topological polar surface area (TPSA) is 96.9 Å². The van der Waals surface area contributed by atoms with Gasteiger partial charge < -0.3 is 21.0 Å². The quantitative estimate of drug-likeness (QED) is 0.294. The summed E-state index contributed by atoms with van der Waals surface area (Å²) in [4.78, 5) is 12.4. The first-order valence-electron chi connectivity index (χ1n) is 6.47. The van der Waals surface area contributed by atoms with Crippen molar-refractivity contribution < 1.29 is 14.7 Å². The van der Waals surface area contributed by atoms with E-state index in [0.29, 0.717) is 19.4 Å². The zero-order valence-corrected chi connectivity index (χ0v) is 11.1. The van der Waals surface area contributed by atoms with Crippen molar-refractivity contribution in [3.8, 4) is 0 Å². The molecule has 1 amide bonds. The highest BCUT2D eigenvalue weighted by Crippen LogP contribution is 2.27. The van der Waals surface area contributed by atoms with Crippen molar-refractivity contribution in [1.82, 2.24) is 5.32 Å². The van der Waals surface area contributed by atoms with Crippen LogP contribution in [0.5, 0.6) is 0 Å². The Hall–Kier alpha value is -1.30. The number of hydrogen-bond acceptors (Lipinski definition) is 4. The second-order valence-electron chi connectivity index (χ2n) is 4.66. The van der Waals surface area contributed by atoms with Crippen LogP contribution in [0.4, 0.5) is 0 Å². The Kier molecular flexibility index (Phi) is 5.40. The van der Waals surface area contributed by atoms with Crippen molar-refractivity contribution in [2.75, 3.05) is 13.2 Å². The van der Waals surface area contributed by atoms with Gasteiger partial charge in [0, 0.05) is 6.61 Å². The molecule has 0 saturated carbocycles. The largest absolute Gasteiger partial charge is 0.409 e. The summed E-state index contributed by atoms with van der Waals surface area (Å²) in [5.74, 6) is -0.208. The molecular weight excluding hydrogens is 234 g/mol. The highest BCUT2D eigenvalue weighted by Gasteiger charge is 2.40. The van der Waals surface area contributed by atoms with Crippen LogP contribution in [-0.4, -0.2) is 36.2 Å². The van der Waals surface area contributed by atoms with Crippen molar-refractivity contribution in [2.24, 2.45) is 16.3 Å². The zero-order chi connectivity index (χ0) is 13.6. The molecule has 1 fully saturated rings. The number of rotatable bonds is 5. The molecule has 4 N–H and O–H groups in total. The third-order valence-electron chi connectivity index (χ3n) is 3.74. The van der Waals surface area contributed by atoms with Crippen molar-refractivity contribution in [3.05, 3.63) is 0 Å². The van der Waals surface area contributed by atoms with Crippen molar-refractivity contribution >= 4 is 11.7 Å². The fourth-order valence-electron chi connectivity index (χ4n) is 2.32. The lowest BCUT2D eigenvalue weighted by atomic mass is 9.80. The van der Waals surface area contributed by atoms with E-state index in [1.807, 2.05) is 13.8 Å². The number of oxime groups is 1. The Morgan fingerprint density at radius 3 is 2.67 bits per heavy atom. The van der Waals surface area contributed by atoms with E-state index in [9.17, 15) is 4.79 Å². The van der Waals surface area contributed by atoms with Gasteiger partial charge in [-0.05, 0) is 25.7 Å². The molecule has 1 aliphatic heterocycles. The van der Waals surface area contributed by atoms with Crippen molar-refractivity contribution in [1.29, 1.82) is 0 Å². The van der Waals surface area contributed by atoms with Gasteiger partial charge >= 0.3 is 0 Å². The van der Waals surface area contributed by atoms with Crippen LogP contribution in [0.15, 0.2) is 5.16 Å². The number of nitrogens with two attached hydrogens (primary N) is 1. The van der Waals surface area contributed by atoms with E-state index in [4.69, 9.17) is 15.7 Å². The molecule has 0 aromatic carbocycles. The molecule has 0 radical (unpaired) electrons. The second-order valence-corrected chi connectivity index (χ2v) is 4.66. The molecule has 18 heavy (non-hydrogen) atoms. The highest BCUT2D eigenvalue weighted by molar-refractivity contribution is 6.06. The van der Waals surface area contributed by atoms with Crippen LogP contribution in [0.3, 0.4) is 0 Å². The maximum atomic E-state index is 12.4. The summed E-state index contributed by atoms with van der Waals surface area (Å²) in [6.07, 6.45) is 2.85. The Morgan fingerprint density at radius 1 is 1.56 bits per heavy atom. The van der Waals surface area contributed by atoms with E-state index in [1.54, 1.807) is 0 Å². The molecular formula is C12H23N3O3. The number of carbonyl (C=O) groups is 1. The van der Waals surface area contributed by atoms with Crippen molar-refractivity contribution in [3.63, 3.8) is 0 Å². The monoisotopic (exact) mass is 257 g/mol. The molecule has 6 heteroatoms. The molecule has 1 heterocycles. The standard InChI is InChI=1S/C12H23N3O3/c1-3-12(4-2,10(13)15-17)11(16)14-9-6-5-7-18-8-9/h9,17H,3-8H2,1-2H3,(H2,13,15)(H,14,16). The van der Waals surface area contributed by atoms with Gasteiger partial charge in [-0.25, -0.2) is 0 Å². The zero-order valence-electron chi connectivity index (χ0n) is 11.1. The van der Waals surface area contributed by atoms with Gasteiger partial charge in [-0.15, -0.1) is 0 Å². The van der Waals surface area contributed by atoms with E-state index in [-0.39, 0.29) is 17.8 Å². The fourth-order valence-corrected chi connectivity index (χ4v) is 2.32. The van der Waals surface area contributed by atoms with Gasteiger partial charge in [0.2, 0.25) is 5.91 Å². The molecule has 0 aliphatic carbocycles. The molecule has 104 valence electrons. The molecule has 1 atom stereocenters. The average Bonchev–Trinajstić information content (AvgIpc) is 2.41. The number of nitrogens with zero attached hydrogens (tertiary/aromatic N) is 1. The Bertz CT molecular complexity index is 308. The van der Waals surface area contributed by atoms with Gasteiger partial charge in [0.05, 0.1) is 12.6 Å². The molecule has 1 aliphatic rings. The molecule has 0 spiro atoms. The third kappa shape index (κ3) is 2.93. The number of nitrogens with one attached hydrogen (secondary N) is 1. The minimum Gasteiger partial charge on any atom is -0.409 e. The molecule has 0 bridgehead atoms. The molecule has 1 unspecified atom stereocenters. The number of amides is 1. The molecule has 1 saturated heterocycles. The summed E-state index contributed by atoms with van der Waals surface area (Å²) in [6.45, 7) is 5.00. The number of amidine groups is 1. The highest BCUT2D eigenvalue weighted by atomic mass is 16.5. The number of ether oxygens (including phenoxy) is 1. The van der Waals surface area contributed by atoms with Gasteiger partial charge in [-0.1, -0.05) is 19.0 Å². The minimum absolute atomic E-state index is 0.0233. The summed E-state index contributed by atoms with van der Waals surface area (Å²) < 4.78 is 5.32. The van der Waals surface area contributed by atoms with Crippen molar-refractivity contribution in [2.45, 2.75) is 45.6 Å². The summed E-state index contributed by atoms with van der Waals surface area (Å²) in [7, 11) is 0. The van der Waals surface area contributed by atoms with Crippen LogP contribution in [0, 0.1) is 5.41 Å². The van der Waals surface area contributed by atoms with Crippen LogP contribution in [0.25, 0.3) is 0 Å². The molecule has 1 rings (SSSR count). The summed E-state index contributed by atoms with van der Waals surface area (Å²) in [6, 6.07) is 0.0233. The normalized spacial score (nSPS) is 21.7. The maximum absolute atomic E-state index is 12.4. The lowest BCUT2D eigenvalue weighted by Gasteiger charge is -2.32. The van der Waals surface area contributed by atoms with E-state index >= 15 is 0 Å². The average molecular weight is 257 g/mol. The van der Waals surface area contributed by atoms with Gasteiger partial charge in [-0.2, -0.15) is 0 Å². The Balaban J connectivity index is 2.76. The van der Waals surface area contributed by atoms with E-state index in [2.05, 4.69) is 10.5 Å². The lowest BCUT2D eigenvalue weighted by molar-refractivity contribution is -0.129. The minimum atomic E-state index is -0.924. The van der Waals surface area contributed by atoms with Gasteiger partial charge in [0.25, 0.3) is 0 Å². The first-order chi connectivity index (χ1) is 8.60. The predicted octanol–water partition coefficient (Wildman–Crippen LogP) is 0.834. The third-order valence-corrected chi connectivity index (χ3v) is 3.74. The van der Waals surface area contributed by atoms with Gasteiger partial charge in [0.15, 0.2) is 5.84 Å². The lowest BCUT2D eigenvalue weighted by Crippen LogP contribution is -2.53. The Labute approximate surface area is 108 Å². The van der Waals surface area contributed by atoms with Crippen LogP contribution in [0.2, 0.25) is 0 Å². The molecule has 0 aromatic rings. The SMILES string of the molecule is CCC(CC)(C(=O)NC1CCCOC1)/C(N)=N/O. The van der Waals surface area contributed by atoms with Crippen LogP contribution < -0.4 is 11.1 Å². The van der Waals surface area contributed by atoms with E-state index in [1.165, 1.54) is 0 Å². The number of hydrogen-bond donors (Lipinski definition) is 3. The molecule has 0 aromatic heterocycles. The second kappa shape index (κ2) is 6.58. The predicted molar refractivity (Wildman–Crippen MR) is 68.4 cm³/mol. The molecule has 6 nitrogen and oxygen atoms in total. The van der Waals surface area contributed by atoms with Crippen LogP contribution >= 0.6 is 0 Å². The summed E-state index contributed by atoms with van der Waals surface area (Å²) >= 11 is 0. The van der Waals surface area contributed by atoms with Gasteiger partial charge in [-0.3, -0.25) is 4.79 Å². The fraction of sp³-hybridized carbons (Fsp3) is 0.833.